The molecule has 9 heteroatoms. The molecule has 1 rings (SSSR count). The van der Waals surface area contributed by atoms with Crippen molar-refractivity contribution in [3.8, 4) is 0 Å². The first-order valence-electron chi connectivity index (χ1n) is 7.47. The van der Waals surface area contributed by atoms with Gasteiger partial charge in [0.05, 0.1) is 19.6 Å². The second-order valence-corrected chi connectivity index (χ2v) is 5.28. The second-order valence-electron chi connectivity index (χ2n) is 5.28. The molecule has 0 unspecified atom stereocenters. The van der Waals surface area contributed by atoms with E-state index in [9.17, 15) is 19.2 Å². The van der Waals surface area contributed by atoms with E-state index in [-0.39, 0.29) is 0 Å². The lowest BCUT2D eigenvalue weighted by atomic mass is 10.1. The highest BCUT2D eigenvalue weighted by Gasteiger charge is 2.31. The topological polar surface area (TPSA) is 139 Å². The van der Waals surface area contributed by atoms with Gasteiger partial charge in [-0.2, -0.15) is 0 Å². The van der Waals surface area contributed by atoms with Crippen LogP contribution in [-0.2, 0) is 23.9 Å². The van der Waals surface area contributed by atoms with E-state index >= 15 is 0 Å². The van der Waals surface area contributed by atoms with Crippen molar-refractivity contribution in [1.29, 1.82) is 0 Å². The Morgan fingerprint density at radius 2 is 1.84 bits per heavy atom. The monoisotopic (exact) mass is 351 g/mol. The molecule has 0 saturated heterocycles. The van der Waals surface area contributed by atoms with Crippen molar-refractivity contribution >= 4 is 29.4 Å². The Kier molecular flexibility index (Phi) is 7.54. The molecule has 0 bridgehead atoms. The fraction of sp³-hybridized carbons (Fsp3) is 0.375. The van der Waals surface area contributed by atoms with Gasteiger partial charge in [0.25, 0.3) is 5.91 Å². The highest BCUT2D eigenvalue weighted by Crippen LogP contribution is 2.15. The maximum atomic E-state index is 12.8. The Balaban J connectivity index is 3.13. The number of nitrogens with zero attached hydrogens (tertiary/aromatic N) is 1. The maximum Gasteiger partial charge on any atom is 0.325 e. The minimum absolute atomic E-state index is 0.364. The number of anilines is 1. The SMILES string of the molecule is COC(=O)CN(C(=O)[C@@H](CC(=O)O)NC(=O)[C@@H](C)N)c1ccccc1. The molecule has 2 amide bonds. The van der Waals surface area contributed by atoms with E-state index < -0.39 is 48.8 Å². The minimum atomic E-state index is -1.37. The highest BCUT2D eigenvalue weighted by atomic mass is 16.5. The molecule has 0 aliphatic rings. The van der Waals surface area contributed by atoms with Gasteiger partial charge in [-0.1, -0.05) is 18.2 Å². The first kappa shape index (κ1) is 20.1. The quantitative estimate of drug-likeness (QED) is 0.536. The minimum Gasteiger partial charge on any atom is -0.481 e. The first-order valence-corrected chi connectivity index (χ1v) is 7.47. The number of para-hydroxylation sites is 1. The van der Waals surface area contributed by atoms with E-state index in [1.54, 1.807) is 30.3 Å². The average molecular weight is 351 g/mol. The molecule has 136 valence electrons. The zero-order chi connectivity index (χ0) is 19.0. The number of carboxylic acid groups (broad SMARTS) is 1. The summed E-state index contributed by atoms with van der Waals surface area (Å²) in [5.41, 5.74) is 5.81. The van der Waals surface area contributed by atoms with Crippen molar-refractivity contribution in [1.82, 2.24) is 5.32 Å². The van der Waals surface area contributed by atoms with Gasteiger partial charge in [-0.05, 0) is 19.1 Å². The third-order valence-corrected chi connectivity index (χ3v) is 3.26. The van der Waals surface area contributed by atoms with Crippen LogP contribution in [0.5, 0.6) is 0 Å². The number of methoxy groups -OCH3 is 1. The summed E-state index contributed by atoms with van der Waals surface area (Å²) in [5.74, 6) is -3.40. The standard InChI is InChI=1S/C16H21N3O6/c1-10(17)15(23)18-12(8-13(20)21)16(24)19(9-14(22)25-2)11-6-4-3-5-7-11/h3-7,10,12H,8-9,17H2,1-2H3,(H,18,23)(H,20,21)/t10-,12-/m1/s1. The molecule has 0 aliphatic carbocycles. The van der Waals surface area contributed by atoms with E-state index in [1.807, 2.05) is 0 Å². The number of hydrogen-bond acceptors (Lipinski definition) is 6. The molecule has 0 saturated carbocycles. The third-order valence-electron chi connectivity index (χ3n) is 3.26. The van der Waals surface area contributed by atoms with E-state index in [1.165, 1.54) is 14.0 Å². The number of esters is 1. The molecule has 2 atom stereocenters. The molecule has 4 N–H and O–H groups in total. The zero-order valence-electron chi connectivity index (χ0n) is 14.0. The van der Waals surface area contributed by atoms with Crippen molar-refractivity contribution in [3.05, 3.63) is 30.3 Å². The lowest BCUT2D eigenvalue weighted by Crippen LogP contribution is -2.53. The lowest BCUT2D eigenvalue weighted by molar-refractivity contribution is -0.141. The Bertz CT molecular complexity index is 632. The first-order chi connectivity index (χ1) is 11.8. The van der Waals surface area contributed by atoms with Crippen LogP contribution in [0.4, 0.5) is 5.69 Å². The Morgan fingerprint density at radius 3 is 2.32 bits per heavy atom. The summed E-state index contributed by atoms with van der Waals surface area (Å²) in [7, 11) is 1.17. The fourth-order valence-electron chi connectivity index (χ4n) is 1.96. The van der Waals surface area contributed by atoms with Crippen LogP contribution in [-0.4, -0.2) is 54.6 Å². The van der Waals surface area contributed by atoms with Crippen LogP contribution in [0.2, 0.25) is 0 Å². The van der Waals surface area contributed by atoms with Crippen molar-refractivity contribution in [2.24, 2.45) is 5.73 Å². The van der Waals surface area contributed by atoms with Crippen LogP contribution >= 0.6 is 0 Å². The largest absolute Gasteiger partial charge is 0.481 e. The zero-order valence-corrected chi connectivity index (χ0v) is 14.0. The van der Waals surface area contributed by atoms with Crippen molar-refractivity contribution < 1.29 is 29.0 Å². The predicted molar refractivity (Wildman–Crippen MR) is 88.6 cm³/mol. The average Bonchev–Trinajstić information content (AvgIpc) is 2.58. The van der Waals surface area contributed by atoms with Gasteiger partial charge in [-0.15, -0.1) is 0 Å². The number of aliphatic carboxylic acids is 1. The molecule has 0 spiro atoms. The summed E-state index contributed by atoms with van der Waals surface area (Å²) in [4.78, 5) is 48.3. The molecule has 0 radical (unpaired) electrons. The van der Waals surface area contributed by atoms with Crippen LogP contribution in [0.15, 0.2) is 30.3 Å². The number of amides is 2. The predicted octanol–water partition coefficient (Wildman–Crippen LogP) is -0.501. The number of nitrogens with two attached hydrogens (primary N) is 1. The van der Waals surface area contributed by atoms with Crippen LogP contribution < -0.4 is 16.0 Å². The summed E-state index contributed by atoms with van der Waals surface area (Å²) in [6.07, 6.45) is -0.651. The van der Waals surface area contributed by atoms with Gasteiger partial charge in [0, 0.05) is 5.69 Å². The number of hydrogen-bond donors (Lipinski definition) is 3. The Labute approximate surface area is 144 Å². The summed E-state index contributed by atoms with van der Waals surface area (Å²) in [5, 5.41) is 11.3. The molecule has 25 heavy (non-hydrogen) atoms. The summed E-state index contributed by atoms with van der Waals surface area (Å²) in [6, 6.07) is 5.88. The Morgan fingerprint density at radius 1 is 1.24 bits per heavy atom. The van der Waals surface area contributed by atoms with Crippen molar-refractivity contribution in [2.45, 2.75) is 25.4 Å². The molecule has 0 aliphatic heterocycles. The van der Waals surface area contributed by atoms with E-state index in [0.717, 1.165) is 4.90 Å². The van der Waals surface area contributed by atoms with Crippen molar-refractivity contribution in [3.63, 3.8) is 0 Å². The molecule has 1 aromatic rings. The van der Waals surface area contributed by atoms with Crippen LogP contribution in [0.25, 0.3) is 0 Å². The van der Waals surface area contributed by atoms with E-state index in [4.69, 9.17) is 10.8 Å². The second kappa shape index (κ2) is 9.38. The fourth-order valence-corrected chi connectivity index (χ4v) is 1.96. The normalized spacial score (nSPS) is 12.6. The smallest absolute Gasteiger partial charge is 0.325 e. The van der Waals surface area contributed by atoms with Gasteiger partial charge in [-0.25, -0.2) is 0 Å². The summed E-state index contributed by atoms with van der Waals surface area (Å²) >= 11 is 0. The number of carbonyl (C=O) groups is 4. The molecule has 0 heterocycles. The summed E-state index contributed by atoms with van der Waals surface area (Å²) < 4.78 is 4.58. The number of rotatable bonds is 8. The van der Waals surface area contributed by atoms with Gasteiger partial charge in [0.1, 0.15) is 12.6 Å². The van der Waals surface area contributed by atoms with Crippen molar-refractivity contribution in [2.75, 3.05) is 18.6 Å². The molecular formula is C16H21N3O6. The van der Waals surface area contributed by atoms with Gasteiger partial charge in [-0.3, -0.25) is 24.1 Å². The lowest BCUT2D eigenvalue weighted by Gasteiger charge is -2.27. The number of carboxylic acids is 1. The van der Waals surface area contributed by atoms with Crippen LogP contribution in [0.1, 0.15) is 13.3 Å². The van der Waals surface area contributed by atoms with E-state index in [2.05, 4.69) is 10.1 Å². The van der Waals surface area contributed by atoms with Gasteiger partial charge in [0.2, 0.25) is 5.91 Å². The molecular weight excluding hydrogens is 330 g/mol. The molecule has 9 nitrogen and oxygen atoms in total. The Hall–Kier alpha value is -2.94. The van der Waals surface area contributed by atoms with E-state index in [0.29, 0.717) is 5.69 Å². The number of ether oxygens (including phenoxy) is 1. The maximum absolute atomic E-state index is 12.8. The summed E-state index contributed by atoms with van der Waals surface area (Å²) in [6.45, 7) is 0.977. The molecule has 0 fully saturated rings. The highest BCUT2D eigenvalue weighted by molar-refractivity contribution is 6.03. The third kappa shape index (κ3) is 6.22. The molecule has 0 aromatic heterocycles. The number of carbonyl (C=O) groups excluding carboxylic acids is 3. The van der Waals surface area contributed by atoms with Gasteiger partial charge in [0.15, 0.2) is 0 Å². The number of benzene rings is 1. The van der Waals surface area contributed by atoms with Gasteiger partial charge < -0.3 is 20.9 Å². The molecule has 1 aromatic carbocycles. The van der Waals surface area contributed by atoms with Crippen LogP contribution in [0, 0.1) is 0 Å². The number of nitrogens with one attached hydrogen (secondary N) is 1. The van der Waals surface area contributed by atoms with Crippen LogP contribution in [0.3, 0.4) is 0 Å². The van der Waals surface area contributed by atoms with Gasteiger partial charge >= 0.3 is 11.9 Å².